The smallest absolute Gasteiger partial charge is 0.339 e. The number of aromatic carboxylic acids is 1. The van der Waals surface area contributed by atoms with E-state index in [1.54, 1.807) is 0 Å². The molecule has 4 nitrogen and oxygen atoms in total. The van der Waals surface area contributed by atoms with E-state index >= 15 is 0 Å². The lowest BCUT2D eigenvalue weighted by Gasteiger charge is -2.09. The zero-order chi connectivity index (χ0) is 20.6. The first-order valence-corrected chi connectivity index (χ1v) is 10.6. The lowest BCUT2D eigenvalue weighted by Crippen LogP contribution is -2.03. The second kappa shape index (κ2) is 14.8. The summed E-state index contributed by atoms with van der Waals surface area (Å²) >= 11 is 0. The van der Waals surface area contributed by atoms with Gasteiger partial charge in [0, 0.05) is 6.07 Å². The number of allylic oxidation sites excluding steroid dienone is 4. The molecule has 3 N–H and O–H groups in total. The quantitative estimate of drug-likeness (QED) is 0.229. The molecule has 0 saturated carbocycles. The summed E-state index contributed by atoms with van der Waals surface area (Å²) in [4.78, 5) is 11.3. The van der Waals surface area contributed by atoms with Crippen LogP contribution in [0.5, 0.6) is 11.5 Å². The van der Waals surface area contributed by atoms with Crippen molar-refractivity contribution in [3.05, 3.63) is 47.6 Å². The third-order valence-corrected chi connectivity index (χ3v) is 4.79. The van der Waals surface area contributed by atoms with E-state index in [1.807, 2.05) is 0 Å². The number of aromatic hydroxyl groups is 2. The van der Waals surface area contributed by atoms with Crippen molar-refractivity contribution >= 4 is 5.97 Å². The number of benzene rings is 1. The van der Waals surface area contributed by atoms with E-state index in [1.165, 1.54) is 38.2 Å². The van der Waals surface area contributed by atoms with Gasteiger partial charge in [-0.25, -0.2) is 4.79 Å². The third-order valence-electron chi connectivity index (χ3n) is 4.79. The van der Waals surface area contributed by atoms with Crippen LogP contribution in [-0.4, -0.2) is 21.3 Å². The first kappa shape index (κ1) is 23.8. The topological polar surface area (TPSA) is 77.8 Å². The molecule has 1 aromatic rings. The summed E-state index contributed by atoms with van der Waals surface area (Å²) < 4.78 is 0. The van der Waals surface area contributed by atoms with Crippen LogP contribution in [0.15, 0.2) is 36.4 Å². The zero-order valence-corrected chi connectivity index (χ0v) is 17.2. The minimum absolute atomic E-state index is 0.0950. The van der Waals surface area contributed by atoms with E-state index < -0.39 is 5.97 Å². The van der Waals surface area contributed by atoms with Crippen molar-refractivity contribution in [1.82, 2.24) is 0 Å². The maximum absolute atomic E-state index is 11.3. The summed E-state index contributed by atoms with van der Waals surface area (Å²) in [6.07, 6.45) is 22.1. The van der Waals surface area contributed by atoms with E-state index in [0.717, 1.165) is 44.6 Å². The molecule has 156 valence electrons. The van der Waals surface area contributed by atoms with E-state index in [-0.39, 0.29) is 17.1 Å². The Hall–Kier alpha value is -2.23. The Morgan fingerprint density at radius 1 is 0.857 bits per heavy atom. The molecule has 4 heteroatoms. The fourth-order valence-corrected chi connectivity index (χ4v) is 3.24. The standard InChI is InChI=1S/C24H36O4/c1-2-3-4-5-6-7-8-9-10-11-12-13-14-15-16-17-20-18-21(25)19-22(26)23(20)24(27)28/h6-7,9-10,18-19,25-26H,2-5,8,11-17H2,1H3,(H,27,28)/b7-6-,10-9-. The van der Waals surface area contributed by atoms with Gasteiger partial charge in [-0.15, -0.1) is 0 Å². The third kappa shape index (κ3) is 10.2. The minimum atomic E-state index is -1.16. The largest absolute Gasteiger partial charge is 0.508 e. The van der Waals surface area contributed by atoms with Crippen LogP contribution in [0.4, 0.5) is 0 Å². The summed E-state index contributed by atoms with van der Waals surface area (Å²) in [6, 6.07) is 2.51. The summed E-state index contributed by atoms with van der Waals surface area (Å²) in [5.41, 5.74) is 0.401. The van der Waals surface area contributed by atoms with E-state index in [0.29, 0.717) is 12.0 Å². The van der Waals surface area contributed by atoms with Gasteiger partial charge in [0.05, 0.1) is 0 Å². The molecular weight excluding hydrogens is 352 g/mol. The van der Waals surface area contributed by atoms with Crippen LogP contribution in [0.3, 0.4) is 0 Å². The van der Waals surface area contributed by atoms with Crippen molar-refractivity contribution in [2.75, 3.05) is 0 Å². The summed E-state index contributed by atoms with van der Waals surface area (Å²) in [6.45, 7) is 2.22. The average molecular weight is 389 g/mol. The van der Waals surface area contributed by atoms with Gasteiger partial charge in [0.25, 0.3) is 0 Å². The fourth-order valence-electron chi connectivity index (χ4n) is 3.24. The van der Waals surface area contributed by atoms with E-state index in [4.69, 9.17) is 0 Å². The number of unbranched alkanes of at least 4 members (excludes halogenated alkanes) is 8. The Labute approximate surface area is 169 Å². The molecule has 0 atom stereocenters. The molecule has 0 aliphatic carbocycles. The number of phenols is 2. The van der Waals surface area contributed by atoms with Crippen LogP contribution in [0.1, 0.15) is 93.5 Å². The SMILES string of the molecule is CCCCC/C=C\C/C=C\CCCCCCCc1cc(O)cc(O)c1C(=O)O. The van der Waals surface area contributed by atoms with E-state index in [2.05, 4.69) is 31.2 Å². The molecule has 0 heterocycles. The number of carboxylic acid groups (broad SMARTS) is 1. The van der Waals surface area contributed by atoms with Gasteiger partial charge in [-0.1, -0.05) is 63.3 Å². The van der Waals surface area contributed by atoms with Crippen LogP contribution in [0, 0.1) is 0 Å². The Morgan fingerprint density at radius 2 is 1.46 bits per heavy atom. The second-order valence-corrected chi connectivity index (χ2v) is 7.28. The molecule has 0 amide bonds. The lowest BCUT2D eigenvalue weighted by atomic mass is 9.99. The fraction of sp³-hybridized carbons (Fsp3) is 0.542. The first-order valence-electron chi connectivity index (χ1n) is 10.6. The van der Waals surface area contributed by atoms with Crippen molar-refractivity contribution in [3.63, 3.8) is 0 Å². The molecule has 0 aromatic heterocycles. The first-order chi connectivity index (χ1) is 13.6. The number of hydrogen-bond acceptors (Lipinski definition) is 3. The van der Waals surface area contributed by atoms with Gasteiger partial charge in [0.15, 0.2) is 0 Å². The van der Waals surface area contributed by atoms with Crippen LogP contribution >= 0.6 is 0 Å². The maximum atomic E-state index is 11.3. The number of carboxylic acids is 1. The molecule has 1 rings (SSSR count). The predicted molar refractivity (Wildman–Crippen MR) is 115 cm³/mol. The normalized spacial score (nSPS) is 11.6. The van der Waals surface area contributed by atoms with Gasteiger partial charge in [0.2, 0.25) is 0 Å². The summed E-state index contributed by atoms with van der Waals surface area (Å²) in [5.74, 6) is -1.62. The molecule has 0 aliphatic rings. The van der Waals surface area contributed by atoms with Gasteiger partial charge in [0.1, 0.15) is 17.1 Å². The molecule has 0 radical (unpaired) electrons. The molecule has 28 heavy (non-hydrogen) atoms. The predicted octanol–water partition coefficient (Wildman–Crippen LogP) is 6.76. The van der Waals surface area contributed by atoms with Crippen LogP contribution < -0.4 is 0 Å². The van der Waals surface area contributed by atoms with Crippen LogP contribution in [-0.2, 0) is 6.42 Å². The Morgan fingerprint density at radius 3 is 2.11 bits per heavy atom. The van der Waals surface area contributed by atoms with Crippen molar-refractivity contribution in [1.29, 1.82) is 0 Å². The lowest BCUT2D eigenvalue weighted by molar-refractivity contribution is 0.0692. The second-order valence-electron chi connectivity index (χ2n) is 7.28. The highest BCUT2D eigenvalue weighted by Gasteiger charge is 2.16. The molecule has 0 unspecified atom stereocenters. The molecule has 0 aliphatic heterocycles. The van der Waals surface area contributed by atoms with Crippen LogP contribution in [0.25, 0.3) is 0 Å². The molecule has 0 spiro atoms. The van der Waals surface area contributed by atoms with Crippen molar-refractivity contribution in [3.8, 4) is 11.5 Å². The number of phenolic OH excluding ortho intramolecular Hbond substituents is 1. The molecule has 0 saturated heterocycles. The number of aryl methyl sites for hydroxylation is 1. The van der Waals surface area contributed by atoms with E-state index in [9.17, 15) is 20.1 Å². The van der Waals surface area contributed by atoms with Crippen molar-refractivity contribution < 1.29 is 20.1 Å². The molecule has 0 fully saturated rings. The maximum Gasteiger partial charge on any atom is 0.339 e. The monoisotopic (exact) mass is 388 g/mol. The molecule has 0 bridgehead atoms. The van der Waals surface area contributed by atoms with Gasteiger partial charge in [-0.05, 0) is 56.6 Å². The summed E-state index contributed by atoms with van der Waals surface area (Å²) in [5, 5.41) is 28.5. The zero-order valence-electron chi connectivity index (χ0n) is 17.2. The molecular formula is C24H36O4. The highest BCUT2D eigenvalue weighted by atomic mass is 16.4. The Kier molecular flexibility index (Phi) is 12.6. The Bertz CT molecular complexity index is 632. The van der Waals surface area contributed by atoms with Gasteiger partial charge in [-0.2, -0.15) is 0 Å². The van der Waals surface area contributed by atoms with Crippen molar-refractivity contribution in [2.24, 2.45) is 0 Å². The van der Waals surface area contributed by atoms with Gasteiger partial charge >= 0.3 is 5.97 Å². The van der Waals surface area contributed by atoms with Crippen molar-refractivity contribution in [2.45, 2.75) is 84.0 Å². The minimum Gasteiger partial charge on any atom is -0.508 e. The highest BCUT2D eigenvalue weighted by molar-refractivity contribution is 5.92. The Balaban J connectivity index is 2.11. The average Bonchev–Trinajstić information content (AvgIpc) is 2.64. The molecule has 1 aromatic carbocycles. The van der Waals surface area contributed by atoms with Gasteiger partial charge in [-0.3, -0.25) is 0 Å². The number of hydrogen-bond donors (Lipinski definition) is 3. The van der Waals surface area contributed by atoms with Gasteiger partial charge < -0.3 is 15.3 Å². The summed E-state index contributed by atoms with van der Waals surface area (Å²) in [7, 11) is 0. The number of carbonyl (C=O) groups is 1. The van der Waals surface area contributed by atoms with Crippen LogP contribution in [0.2, 0.25) is 0 Å². The number of rotatable bonds is 15. The highest BCUT2D eigenvalue weighted by Crippen LogP contribution is 2.28.